The zero-order valence-electron chi connectivity index (χ0n) is 14.6. The molecule has 1 aliphatic rings. The van der Waals surface area contributed by atoms with Gasteiger partial charge in [-0.1, -0.05) is 6.07 Å². The van der Waals surface area contributed by atoms with Gasteiger partial charge in [0.25, 0.3) is 5.91 Å². The largest absolute Gasteiger partial charge is 0.394 e. The van der Waals surface area contributed by atoms with Gasteiger partial charge in [-0.2, -0.15) is 0 Å². The zero-order valence-corrected chi connectivity index (χ0v) is 14.6. The number of aliphatic hydroxyl groups is 1. The normalized spacial score (nSPS) is 13.5. The Labute approximate surface area is 154 Å². The minimum absolute atomic E-state index is 0.0632. The molecule has 3 N–H and O–H groups in total. The highest BCUT2D eigenvalue weighted by Gasteiger charge is 2.27. The number of amides is 1. The Balaban J connectivity index is 1.93. The van der Waals surface area contributed by atoms with Gasteiger partial charge < -0.3 is 10.4 Å². The van der Waals surface area contributed by atoms with E-state index in [0.29, 0.717) is 11.5 Å². The van der Waals surface area contributed by atoms with Crippen LogP contribution in [0.15, 0.2) is 24.3 Å². The fraction of sp³-hybridized carbons (Fsp3) is 0.316. The van der Waals surface area contributed by atoms with Crippen LogP contribution in [0, 0.1) is 24.4 Å². The van der Waals surface area contributed by atoms with Crippen LogP contribution >= 0.6 is 0 Å². The van der Waals surface area contributed by atoms with Crippen LogP contribution in [-0.4, -0.2) is 24.2 Å². The van der Waals surface area contributed by atoms with Crippen molar-refractivity contribution in [3.8, 4) is 0 Å². The van der Waals surface area contributed by atoms with Crippen LogP contribution in [0.2, 0.25) is 0 Å². The van der Waals surface area contributed by atoms with Crippen molar-refractivity contribution in [1.82, 2.24) is 5.48 Å². The summed E-state index contributed by atoms with van der Waals surface area (Å²) in [4.78, 5) is 16.9. The van der Waals surface area contributed by atoms with Crippen LogP contribution in [0.1, 0.15) is 40.2 Å². The second-order valence-corrected chi connectivity index (χ2v) is 6.33. The summed E-state index contributed by atoms with van der Waals surface area (Å²) >= 11 is 0. The lowest BCUT2D eigenvalue weighted by Crippen LogP contribution is -2.26. The molecule has 0 unspecified atom stereocenters. The molecule has 0 radical (unpaired) electrons. The van der Waals surface area contributed by atoms with E-state index in [9.17, 15) is 18.0 Å². The predicted octanol–water partition coefficient (Wildman–Crippen LogP) is 3.69. The molecule has 2 aromatic rings. The molecule has 0 heterocycles. The number of anilines is 2. The van der Waals surface area contributed by atoms with Gasteiger partial charge in [0.1, 0.15) is 5.82 Å². The minimum atomic E-state index is -1.31. The van der Waals surface area contributed by atoms with E-state index in [1.807, 2.05) is 5.48 Å². The fourth-order valence-electron chi connectivity index (χ4n) is 2.85. The van der Waals surface area contributed by atoms with Gasteiger partial charge in [-0.25, -0.2) is 18.7 Å². The van der Waals surface area contributed by atoms with Gasteiger partial charge in [0.05, 0.1) is 30.2 Å². The summed E-state index contributed by atoms with van der Waals surface area (Å²) < 4.78 is 42.7. The molecule has 5 nitrogen and oxygen atoms in total. The van der Waals surface area contributed by atoms with Gasteiger partial charge in [0, 0.05) is 0 Å². The number of hydroxylamine groups is 1. The molecule has 2 aromatic carbocycles. The van der Waals surface area contributed by atoms with Crippen molar-refractivity contribution in [3.63, 3.8) is 0 Å². The topological polar surface area (TPSA) is 70.6 Å². The van der Waals surface area contributed by atoms with Crippen LogP contribution in [0.5, 0.6) is 0 Å². The van der Waals surface area contributed by atoms with E-state index in [0.717, 1.165) is 30.5 Å². The zero-order chi connectivity index (χ0) is 19.6. The van der Waals surface area contributed by atoms with Crippen molar-refractivity contribution in [2.75, 3.05) is 18.5 Å². The van der Waals surface area contributed by atoms with Crippen LogP contribution in [-0.2, 0) is 4.84 Å². The van der Waals surface area contributed by atoms with Crippen molar-refractivity contribution < 1.29 is 27.9 Å². The first-order valence-corrected chi connectivity index (χ1v) is 8.51. The van der Waals surface area contributed by atoms with Gasteiger partial charge in [-0.3, -0.25) is 9.63 Å². The van der Waals surface area contributed by atoms with Crippen LogP contribution in [0.25, 0.3) is 0 Å². The van der Waals surface area contributed by atoms with Crippen molar-refractivity contribution >= 4 is 17.3 Å². The number of hydrogen-bond donors (Lipinski definition) is 3. The summed E-state index contributed by atoms with van der Waals surface area (Å²) in [6, 6.07) is 5.05. The summed E-state index contributed by atoms with van der Waals surface area (Å²) in [5.74, 6) is -3.60. The molecule has 0 saturated heterocycles. The van der Waals surface area contributed by atoms with Crippen LogP contribution in [0.3, 0.4) is 0 Å². The number of halogens is 3. The Hall–Kier alpha value is -2.58. The van der Waals surface area contributed by atoms with Crippen LogP contribution in [0.4, 0.5) is 24.5 Å². The van der Waals surface area contributed by atoms with Crippen molar-refractivity contribution in [3.05, 3.63) is 58.4 Å². The molecule has 1 amide bonds. The predicted molar refractivity (Wildman–Crippen MR) is 93.3 cm³/mol. The second kappa shape index (κ2) is 7.98. The maximum atomic E-state index is 14.7. The van der Waals surface area contributed by atoms with Crippen molar-refractivity contribution in [2.45, 2.75) is 25.7 Å². The Morgan fingerprint density at radius 2 is 1.93 bits per heavy atom. The lowest BCUT2D eigenvalue weighted by molar-refractivity contribution is 0.0168. The molecule has 1 saturated carbocycles. The Morgan fingerprint density at radius 3 is 2.59 bits per heavy atom. The Kier molecular flexibility index (Phi) is 5.67. The van der Waals surface area contributed by atoms with Crippen LogP contribution < -0.4 is 10.8 Å². The third kappa shape index (κ3) is 4.06. The van der Waals surface area contributed by atoms with Crippen molar-refractivity contribution in [1.29, 1.82) is 0 Å². The molecule has 0 spiro atoms. The highest BCUT2D eigenvalue weighted by Crippen LogP contribution is 2.43. The number of carbonyl (C=O) groups is 1. The maximum absolute atomic E-state index is 14.7. The number of hydrogen-bond acceptors (Lipinski definition) is 4. The van der Waals surface area contributed by atoms with E-state index in [-0.39, 0.29) is 24.5 Å². The molecule has 1 fully saturated rings. The number of rotatable bonds is 7. The summed E-state index contributed by atoms with van der Waals surface area (Å²) in [5, 5.41) is 11.2. The summed E-state index contributed by atoms with van der Waals surface area (Å²) in [6.07, 6.45) is 2.01. The molecule has 3 rings (SSSR count). The number of nitrogens with one attached hydrogen (secondary N) is 2. The van der Waals surface area contributed by atoms with Gasteiger partial charge >= 0.3 is 0 Å². The summed E-state index contributed by atoms with van der Waals surface area (Å²) in [6.45, 7) is 1.13. The molecule has 1 aliphatic carbocycles. The monoisotopic (exact) mass is 380 g/mol. The first kappa shape index (κ1) is 19.2. The first-order chi connectivity index (χ1) is 12.9. The number of aliphatic hydroxyl groups excluding tert-OH is 1. The number of benzene rings is 2. The van der Waals surface area contributed by atoms with Gasteiger partial charge in [0.2, 0.25) is 0 Å². The van der Waals surface area contributed by atoms with Gasteiger partial charge in [0.15, 0.2) is 11.6 Å². The molecular formula is C19H19F3N2O3. The summed E-state index contributed by atoms with van der Waals surface area (Å²) in [7, 11) is 0. The quantitative estimate of drug-likeness (QED) is 0.506. The lowest BCUT2D eigenvalue weighted by Gasteiger charge is -2.16. The average molecular weight is 380 g/mol. The maximum Gasteiger partial charge on any atom is 0.277 e. The molecule has 27 heavy (non-hydrogen) atoms. The average Bonchev–Trinajstić information content (AvgIpc) is 3.48. The van der Waals surface area contributed by atoms with E-state index >= 15 is 0 Å². The smallest absolute Gasteiger partial charge is 0.277 e. The SMILES string of the molecule is Cc1c(C2CC2)ccc(Nc2c(C(=O)NOCCO)ccc(F)c2F)c1F. The summed E-state index contributed by atoms with van der Waals surface area (Å²) in [5.41, 5.74) is 2.51. The lowest BCUT2D eigenvalue weighted by atomic mass is 10.0. The standard InChI is InChI=1S/C19H19F3N2O3/c1-10-12(11-2-3-11)5-7-15(16(10)21)23-18-13(4-6-14(20)17(18)22)19(26)24-27-9-8-25/h4-7,11,23,25H,2-3,8-9H2,1H3,(H,24,26). The van der Waals surface area contributed by atoms with Gasteiger partial charge in [-0.15, -0.1) is 0 Å². The molecule has 0 atom stereocenters. The molecule has 144 valence electrons. The Bertz CT molecular complexity index is 870. The molecule has 8 heteroatoms. The third-order valence-electron chi connectivity index (χ3n) is 4.40. The third-order valence-corrected chi connectivity index (χ3v) is 4.40. The van der Waals surface area contributed by atoms with E-state index in [4.69, 9.17) is 9.94 Å². The molecule has 0 bridgehead atoms. The Morgan fingerprint density at radius 1 is 1.19 bits per heavy atom. The highest BCUT2D eigenvalue weighted by molar-refractivity contribution is 6.00. The molecular weight excluding hydrogens is 361 g/mol. The van der Waals surface area contributed by atoms with E-state index < -0.39 is 29.0 Å². The highest BCUT2D eigenvalue weighted by atomic mass is 19.2. The minimum Gasteiger partial charge on any atom is -0.394 e. The van der Waals surface area contributed by atoms with E-state index in [1.54, 1.807) is 13.0 Å². The molecule has 0 aliphatic heterocycles. The van der Waals surface area contributed by atoms with Crippen molar-refractivity contribution in [2.24, 2.45) is 0 Å². The fourth-order valence-corrected chi connectivity index (χ4v) is 2.85. The van der Waals surface area contributed by atoms with Gasteiger partial charge in [-0.05, 0) is 55.0 Å². The second-order valence-electron chi connectivity index (χ2n) is 6.33. The number of carbonyl (C=O) groups excluding carboxylic acids is 1. The van der Waals surface area contributed by atoms with E-state index in [1.165, 1.54) is 6.07 Å². The molecule has 0 aromatic heterocycles. The first-order valence-electron chi connectivity index (χ1n) is 8.51. The van der Waals surface area contributed by atoms with E-state index in [2.05, 4.69) is 5.32 Å².